The number of aliphatic hydroxyl groups is 1. The summed E-state index contributed by atoms with van der Waals surface area (Å²) in [6.07, 6.45) is 7.99. The fourth-order valence-electron chi connectivity index (χ4n) is 5.56. The number of benzene rings is 2. The standard InChI is InChI=1S/C32H39FN2O5/c33-27-15-13-24(14-16-27)18-26-11-6-2-5-10-25(31(38)35-17-7-12-29(35)22-40-32(26)39)20-30(37)34-28(21-36)19-23-8-3-1-4-9-23/h1-5,8-9,13-16,25-26,28-29,36H,6-7,10-12,17-22H2,(H,34,37)/b5-2+/t25-,26-,28+,29+/m1/s1. The first-order chi connectivity index (χ1) is 19.4. The summed E-state index contributed by atoms with van der Waals surface area (Å²) in [5, 5.41) is 12.7. The van der Waals surface area contributed by atoms with E-state index in [1.807, 2.05) is 42.5 Å². The van der Waals surface area contributed by atoms with Crippen molar-refractivity contribution in [1.82, 2.24) is 10.2 Å². The average molecular weight is 551 g/mol. The molecule has 7 nitrogen and oxygen atoms in total. The second-order valence-corrected chi connectivity index (χ2v) is 10.8. The predicted octanol–water partition coefficient (Wildman–Crippen LogP) is 3.98. The largest absolute Gasteiger partial charge is 0.463 e. The zero-order valence-electron chi connectivity index (χ0n) is 22.8. The molecule has 0 saturated carbocycles. The third-order valence-electron chi connectivity index (χ3n) is 7.77. The Bertz CT molecular complexity index is 1150. The Balaban J connectivity index is 1.42. The number of esters is 1. The van der Waals surface area contributed by atoms with Gasteiger partial charge in [-0.1, -0.05) is 54.6 Å². The lowest BCUT2D eigenvalue weighted by Crippen LogP contribution is -2.45. The first-order valence-electron chi connectivity index (χ1n) is 14.2. The van der Waals surface area contributed by atoms with E-state index in [2.05, 4.69) is 5.32 Å². The lowest BCUT2D eigenvalue weighted by Gasteiger charge is -2.29. The van der Waals surface area contributed by atoms with Gasteiger partial charge in [-0.05, 0) is 68.2 Å². The minimum Gasteiger partial charge on any atom is -0.463 e. The Hall–Kier alpha value is -3.52. The van der Waals surface area contributed by atoms with Crippen molar-refractivity contribution in [2.45, 2.75) is 63.5 Å². The van der Waals surface area contributed by atoms with Crippen LogP contribution in [0.2, 0.25) is 0 Å². The fourth-order valence-corrected chi connectivity index (χ4v) is 5.56. The molecule has 0 aromatic heterocycles. The monoisotopic (exact) mass is 550 g/mol. The number of nitrogens with one attached hydrogen (secondary N) is 1. The number of amides is 2. The highest BCUT2D eigenvalue weighted by atomic mass is 19.1. The van der Waals surface area contributed by atoms with E-state index in [4.69, 9.17) is 4.74 Å². The molecule has 2 heterocycles. The fraction of sp³-hybridized carbons (Fsp3) is 0.469. The van der Waals surface area contributed by atoms with Gasteiger partial charge in [-0.3, -0.25) is 14.4 Å². The van der Waals surface area contributed by atoms with Gasteiger partial charge in [-0.15, -0.1) is 0 Å². The molecule has 2 amide bonds. The molecular weight excluding hydrogens is 511 g/mol. The summed E-state index contributed by atoms with van der Waals surface area (Å²) in [6.45, 7) is 0.494. The number of ether oxygens (including phenoxy) is 1. The molecule has 214 valence electrons. The lowest BCUT2D eigenvalue weighted by atomic mass is 9.94. The molecule has 1 fully saturated rings. The first-order valence-corrected chi connectivity index (χ1v) is 14.2. The maximum Gasteiger partial charge on any atom is 0.309 e. The summed E-state index contributed by atoms with van der Waals surface area (Å²) in [5.74, 6) is -1.92. The van der Waals surface area contributed by atoms with Crippen LogP contribution in [0.5, 0.6) is 0 Å². The SMILES string of the molecule is O=C(C[C@H]1C/C=C/CC[C@H](Cc2ccc(F)cc2)C(=O)OC[C@@H]2CCCN2C1=O)N[C@H](CO)Cc1ccccc1. The van der Waals surface area contributed by atoms with Gasteiger partial charge in [0.25, 0.3) is 0 Å². The van der Waals surface area contributed by atoms with Crippen molar-refractivity contribution in [3.63, 3.8) is 0 Å². The number of aliphatic hydroxyl groups excluding tert-OH is 1. The highest BCUT2D eigenvalue weighted by Gasteiger charge is 2.35. The van der Waals surface area contributed by atoms with Crippen molar-refractivity contribution >= 4 is 17.8 Å². The maximum atomic E-state index is 13.6. The summed E-state index contributed by atoms with van der Waals surface area (Å²) in [7, 11) is 0. The van der Waals surface area contributed by atoms with E-state index in [1.165, 1.54) is 12.1 Å². The molecule has 2 N–H and O–H groups in total. The number of allylic oxidation sites excluding steroid dienone is 2. The quantitative estimate of drug-likeness (QED) is 0.383. The van der Waals surface area contributed by atoms with Gasteiger partial charge < -0.3 is 20.1 Å². The van der Waals surface area contributed by atoms with Crippen molar-refractivity contribution in [3.05, 3.63) is 83.7 Å². The van der Waals surface area contributed by atoms with Crippen molar-refractivity contribution in [1.29, 1.82) is 0 Å². The molecule has 2 aromatic rings. The molecule has 0 radical (unpaired) electrons. The van der Waals surface area contributed by atoms with Gasteiger partial charge in [-0.25, -0.2) is 4.39 Å². The van der Waals surface area contributed by atoms with Crippen LogP contribution in [-0.4, -0.2) is 59.6 Å². The highest BCUT2D eigenvalue weighted by molar-refractivity contribution is 5.86. The van der Waals surface area contributed by atoms with Crippen LogP contribution >= 0.6 is 0 Å². The van der Waals surface area contributed by atoms with Crippen molar-refractivity contribution in [2.24, 2.45) is 11.8 Å². The highest BCUT2D eigenvalue weighted by Crippen LogP contribution is 2.25. The molecule has 2 aliphatic rings. The second-order valence-electron chi connectivity index (χ2n) is 10.8. The van der Waals surface area contributed by atoms with Gasteiger partial charge in [0.05, 0.1) is 30.5 Å². The van der Waals surface area contributed by atoms with Crippen molar-refractivity contribution < 1.29 is 28.6 Å². The number of carbonyl (C=O) groups excluding carboxylic acids is 3. The third kappa shape index (κ3) is 8.49. The van der Waals surface area contributed by atoms with E-state index in [0.717, 1.165) is 24.0 Å². The molecule has 2 aliphatic heterocycles. The predicted molar refractivity (Wildman–Crippen MR) is 150 cm³/mol. The number of hydrogen-bond acceptors (Lipinski definition) is 5. The molecule has 0 bridgehead atoms. The molecule has 8 heteroatoms. The van der Waals surface area contributed by atoms with Crippen LogP contribution in [0.3, 0.4) is 0 Å². The van der Waals surface area contributed by atoms with Crippen LogP contribution in [0.1, 0.15) is 49.7 Å². The summed E-state index contributed by atoms with van der Waals surface area (Å²) < 4.78 is 19.1. The molecule has 0 spiro atoms. The van der Waals surface area contributed by atoms with Gasteiger partial charge in [0.1, 0.15) is 12.4 Å². The zero-order chi connectivity index (χ0) is 28.3. The Kier molecular flexibility index (Phi) is 10.9. The van der Waals surface area contributed by atoms with Gasteiger partial charge in [-0.2, -0.15) is 0 Å². The molecule has 4 atom stereocenters. The summed E-state index contributed by atoms with van der Waals surface area (Å²) in [5.41, 5.74) is 1.88. The van der Waals surface area contributed by atoms with Gasteiger partial charge in [0.15, 0.2) is 0 Å². The van der Waals surface area contributed by atoms with Crippen LogP contribution in [0.25, 0.3) is 0 Å². The zero-order valence-corrected chi connectivity index (χ0v) is 22.8. The lowest BCUT2D eigenvalue weighted by molar-refractivity contribution is -0.152. The average Bonchev–Trinajstić information content (AvgIpc) is 3.43. The number of hydrogen-bond donors (Lipinski definition) is 2. The number of cyclic esters (lactones) is 1. The summed E-state index contributed by atoms with van der Waals surface area (Å²) in [4.78, 5) is 41.4. The van der Waals surface area contributed by atoms with Gasteiger partial charge >= 0.3 is 5.97 Å². The van der Waals surface area contributed by atoms with Crippen LogP contribution in [0.15, 0.2) is 66.7 Å². The molecule has 1 saturated heterocycles. The van der Waals surface area contributed by atoms with Crippen LogP contribution < -0.4 is 5.32 Å². The minimum atomic E-state index is -0.542. The summed E-state index contributed by atoms with van der Waals surface area (Å²) in [6, 6.07) is 15.1. The molecule has 2 aromatic carbocycles. The van der Waals surface area contributed by atoms with E-state index in [9.17, 15) is 23.9 Å². The van der Waals surface area contributed by atoms with E-state index in [-0.39, 0.29) is 55.2 Å². The number of fused-ring (bicyclic) bond motifs is 1. The van der Waals surface area contributed by atoms with Crippen molar-refractivity contribution in [2.75, 3.05) is 19.8 Å². The Morgan fingerprint density at radius 3 is 2.55 bits per heavy atom. The number of rotatable bonds is 8. The van der Waals surface area contributed by atoms with E-state index in [1.54, 1.807) is 17.0 Å². The van der Waals surface area contributed by atoms with Crippen LogP contribution in [-0.2, 0) is 32.0 Å². The molecule has 40 heavy (non-hydrogen) atoms. The first kappa shape index (κ1) is 29.5. The molecule has 0 aliphatic carbocycles. The Morgan fingerprint density at radius 2 is 1.80 bits per heavy atom. The van der Waals surface area contributed by atoms with E-state index >= 15 is 0 Å². The van der Waals surface area contributed by atoms with E-state index < -0.39 is 12.0 Å². The molecule has 0 unspecified atom stereocenters. The van der Waals surface area contributed by atoms with Gasteiger partial charge in [0, 0.05) is 13.0 Å². The summed E-state index contributed by atoms with van der Waals surface area (Å²) >= 11 is 0. The number of carbonyl (C=O) groups is 3. The number of halogens is 1. The van der Waals surface area contributed by atoms with Crippen LogP contribution in [0, 0.1) is 17.7 Å². The number of nitrogens with zero attached hydrogens (tertiary/aromatic N) is 1. The Morgan fingerprint density at radius 1 is 1.02 bits per heavy atom. The topological polar surface area (TPSA) is 95.9 Å². The van der Waals surface area contributed by atoms with Crippen LogP contribution in [0.4, 0.5) is 4.39 Å². The normalized spacial score (nSPS) is 23.6. The van der Waals surface area contributed by atoms with Crippen molar-refractivity contribution in [3.8, 4) is 0 Å². The Labute approximate surface area is 235 Å². The second kappa shape index (κ2) is 14.7. The van der Waals surface area contributed by atoms with Gasteiger partial charge in [0.2, 0.25) is 11.8 Å². The van der Waals surface area contributed by atoms with E-state index in [0.29, 0.717) is 38.6 Å². The maximum absolute atomic E-state index is 13.6. The molecular formula is C32H39FN2O5. The molecule has 4 rings (SSSR count). The minimum absolute atomic E-state index is 0.0185. The smallest absolute Gasteiger partial charge is 0.309 e. The third-order valence-corrected chi connectivity index (χ3v) is 7.77.